The Labute approximate surface area is 119 Å². The van der Waals surface area contributed by atoms with Crippen LogP contribution < -0.4 is 5.32 Å². The number of ether oxygens (including phenoxy) is 1. The summed E-state index contributed by atoms with van der Waals surface area (Å²) in [4.78, 5) is 0. The number of rotatable bonds is 7. The number of hydrogen-bond donors (Lipinski definition) is 1. The standard InChI is InChI=1S/C15H21N3O2/c1-11(2)13(10-19-3)16-9-14-17-18-15(20-14)12-7-5-4-6-8-12/h4-8,11,13,16H,9-10H2,1-3H3. The third-order valence-electron chi connectivity index (χ3n) is 3.15. The van der Waals surface area contributed by atoms with Crippen molar-refractivity contribution in [1.82, 2.24) is 15.5 Å². The molecule has 1 heterocycles. The number of nitrogens with one attached hydrogen (secondary N) is 1. The van der Waals surface area contributed by atoms with Crippen molar-refractivity contribution in [2.45, 2.75) is 26.4 Å². The van der Waals surface area contributed by atoms with Crippen LogP contribution in [-0.2, 0) is 11.3 Å². The highest BCUT2D eigenvalue weighted by molar-refractivity contribution is 5.51. The van der Waals surface area contributed by atoms with Gasteiger partial charge in [0, 0.05) is 18.7 Å². The van der Waals surface area contributed by atoms with Gasteiger partial charge < -0.3 is 14.5 Å². The summed E-state index contributed by atoms with van der Waals surface area (Å²) in [5.41, 5.74) is 0.934. The van der Waals surface area contributed by atoms with Crippen LogP contribution in [0.1, 0.15) is 19.7 Å². The molecule has 1 N–H and O–H groups in total. The summed E-state index contributed by atoms with van der Waals surface area (Å²) in [6.45, 7) is 5.52. The summed E-state index contributed by atoms with van der Waals surface area (Å²) in [6, 6.07) is 10.0. The molecule has 0 saturated heterocycles. The molecule has 5 nitrogen and oxygen atoms in total. The Morgan fingerprint density at radius 1 is 1.20 bits per heavy atom. The Morgan fingerprint density at radius 2 is 1.95 bits per heavy atom. The number of aromatic nitrogens is 2. The first-order valence-electron chi connectivity index (χ1n) is 6.81. The van der Waals surface area contributed by atoms with Crippen LogP contribution in [0.15, 0.2) is 34.7 Å². The van der Waals surface area contributed by atoms with Crippen LogP contribution in [-0.4, -0.2) is 30.0 Å². The first-order valence-corrected chi connectivity index (χ1v) is 6.81. The number of nitrogens with zero attached hydrogens (tertiary/aromatic N) is 2. The average molecular weight is 275 g/mol. The first-order chi connectivity index (χ1) is 9.70. The van der Waals surface area contributed by atoms with Gasteiger partial charge in [-0.25, -0.2) is 0 Å². The summed E-state index contributed by atoms with van der Waals surface area (Å²) in [5, 5.41) is 11.5. The first kappa shape index (κ1) is 14.7. The van der Waals surface area contributed by atoms with Crippen molar-refractivity contribution < 1.29 is 9.15 Å². The van der Waals surface area contributed by atoms with Crippen molar-refractivity contribution in [3.05, 3.63) is 36.2 Å². The molecule has 0 saturated carbocycles. The van der Waals surface area contributed by atoms with Crippen LogP contribution in [0.2, 0.25) is 0 Å². The SMILES string of the molecule is COCC(NCc1nnc(-c2ccccc2)o1)C(C)C. The molecular weight excluding hydrogens is 254 g/mol. The van der Waals surface area contributed by atoms with E-state index in [1.165, 1.54) is 0 Å². The second-order valence-electron chi connectivity index (χ2n) is 5.05. The second kappa shape index (κ2) is 7.17. The molecule has 0 aliphatic heterocycles. The molecule has 0 spiro atoms. The molecule has 1 unspecified atom stereocenters. The summed E-state index contributed by atoms with van der Waals surface area (Å²) < 4.78 is 10.9. The van der Waals surface area contributed by atoms with Crippen molar-refractivity contribution in [1.29, 1.82) is 0 Å². The lowest BCUT2D eigenvalue weighted by molar-refractivity contribution is 0.145. The van der Waals surface area contributed by atoms with E-state index in [0.717, 1.165) is 5.56 Å². The van der Waals surface area contributed by atoms with Gasteiger partial charge in [-0.3, -0.25) is 0 Å². The molecule has 0 aliphatic carbocycles. The van der Waals surface area contributed by atoms with Crippen LogP contribution >= 0.6 is 0 Å². The normalized spacial score (nSPS) is 12.8. The molecule has 20 heavy (non-hydrogen) atoms. The molecule has 2 aromatic rings. The minimum absolute atomic E-state index is 0.270. The van der Waals surface area contributed by atoms with Crippen molar-refractivity contribution in [3.63, 3.8) is 0 Å². The van der Waals surface area contributed by atoms with Crippen molar-refractivity contribution in [2.24, 2.45) is 5.92 Å². The zero-order valence-corrected chi connectivity index (χ0v) is 12.2. The summed E-state index contributed by atoms with van der Waals surface area (Å²) in [7, 11) is 1.71. The molecule has 0 radical (unpaired) electrons. The lowest BCUT2D eigenvalue weighted by Gasteiger charge is -2.20. The highest BCUT2D eigenvalue weighted by atomic mass is 16.5. The van der Waals surface area contributed by atoms with Gasteiger partial charge in [0.2, 0.25) is 11.8 Å². The fourth-order valence-electron chi connectivity index (χ4n) is 1.91. The van der Waals surface area contributed by atoms with E-state index in [2.05, 4.69) is 29.4 Å². The summed E-state index contributed by atoms with van der Waals surface area (Å²) >= 11 is 0. The molecule has 0 bridgehead atoms. The van der Waals surface area contributed by atoms with Crippen LogP contribution in [0.3, 0.4) is 0 Å². The van der Waals surface area contributed by atoms with E-state index in [-0.39, 0.29) is 6.04 Å². The Hall–Kier alpha value is -1.72. The van der Waals surface area contributed by atoms with E-state index < -0.39 is 0 Å². The Kier molecular flexibility index (Phi) is 5.26. The highest BCUT2D eigenvalue weighted by Gasteiger charge is 2.14. The molecule has 0 amide bonds. The fraction of sp³-hybridized carbons (Fsp3) is 0.467. The van der Waals surface area contributed by atoms with Crippen molar-refractivity contribution >= 4 is 0 Å². The zero-order chi connectivity index (χ0) is 14.4. The van der Waals surface area contributed by atoms with Gasteiger partial charge in [0.1, 0.15) is 0 Å². The number of methoxy groups -OCH3 is 1. The van der Waals surface area contributed by atoms with E-state index in [1.54, 1.807) is 7.11 Å². The molecule has 108 valence electrons. The predicted molar refractivity (Wildman–Crippen MR) is 77.1 cm³/mol. The highest BCUT2D eigenvalue weighted by Crippen LogP contribution is 2.16. The fourth-order valence-corrected chi connectivity index (χ4v) is 1.91. The minimum Gasteiger partial charge on any atom is -0.419 e. The number of benzene rings is 1. The molecule has 0 aliphatic rings. The molecule has 2 rings (SSSR count). The molecule has 1 aromatic heterocycles. The van der Waals surface area contributed by atoms with E-state index in [4.69, 9.17) is 9.15 Å². The van der Waals surface area contributed by atoms with Crippen molar-refractivity contribution in [3.8, 4) is 11.5 Å². The molecule has 1 aromatic carbocycles. The van der Waals surface area contributed by atoms with Gasteiger partial charge in [0.05, 0.1) is 13.2 Å². The van der Waals surface area contributed by atoms with Crippen LogP contribution in [0.5, 0.6) is 0 Å². The molecule has 1 atom stereocenters. The van der Waals surface area contributed by atoms with Gasteiger partial charge in [-0.2, -0.15) is 0 Å². The smallest absolute Gasteiger partial charge is 0.247 e. The summed E-state index contributed by atoms with van der Waals surface area (Å²) in [6.07, 6.45) is 0. The summed E-state index contributed by atoms with van der Waals surface area (Å²) in [5.74, 6) is 1.62. The van der Waals surface area contributed by atoms with Gasteiger partial charge >= 0.3 is 0 Å². The molecule has 0 fully saturated rings. The van der Waals surface area contributed by atoms with E-state index in [9.17, 15) is 0 Å². The molecule has 5 heteroatoms. The van der Waals surface area contributed by atoms with Crippen LogP contribution in [0.25, 0.3) is 11.5 Å². The molecular formula is C15H21N3O2. The van der Waals surface area contributed by atoms with Crippen LogP contribution in [0, 0.1) is 5.92 Å². The maximum Gasteiger partial charge on any atom is 0.247 e. The van der Waals surface area contributed by atoms with E-state index >= 15 is 0 Å². The van der Waals surface area contributed by atoms with Gasteiger partial charge in [-0.1, -0.05) is 32.0 Å². The van der Waals surface area contributed by atoms with Gasteiger partial charge in [0.15, 0.2) is 0 Å². The second-order valence-corrected chi connectivity index (χ2v) is 5.05. The lowest BCUT2D eigenvalue weighted by atomic mass is 10.1. The Bertz CT molecular complexity index is 511. The monoisotopic (exact) mass is 275 g/mol. The van der Waals surface area contributed by atoms with Gasteiger partial charge in [0.25, 0.3) is 0 Å². The zero-order valence-electron chi connectivity index (χ0n) is 12.2. The maximum absolute atomic E-state index is 5.65. The number of hydrogen-bond acceptors (Lipinski definition) is 5. The quantitative estimate of drug-likeness (QED) is 0.841. The topological polar surface area (TPSA) is 60.2 Å². The third kappa shape index (κ3) is 3.88. The Morgan fingerprint density at radius 3 is 2.60 bits per heavy atom. The maximum atomic E-state index is 5.65. The van der Waals surface area contributed by atoms with E-state index in [0.29, 0.717) is 30.9 Å². The average Bonchev–Trinajstić information content (AvgIpc) is 2.93. The third-order valence-corrected chi connectivity index (χ3v) is 3.15. The van der Waals surface area contributed by atoms with Crippen molar-refractivity contribution in [2.75, 3.05) is 13.7 Å². The Balaban J connectivity index is 1.96. The largest absolute Gasteiger partial charge is 0.419 e. The van der Waals surface area contributed by atoms with E-state index in [1.807, 2.05) is 30.3 Å². The predicted octanol–water partition coefficient (Wildman–Crippen LogP) is 2.50. The van der Waals surface area contributed by atoms with Gasteiger partial charge in [-0.15, -0.1) is 10.2 Å². The minimum atomic E-state index is 0.270. The van der Waals surface area contributed by atoms with Gasteiger partial charge in [-0.05, 0) is 18.1 Å². The lowest BCUT2D eigenvalue weighted by Crippen LogP contribution is -2.37. The van der Waals surface area contributed by atoms with Crippen LogP contribution in [0.4, 0.5) is 0 Å².